The predicted molar refractivity (Wildman–Crippen MR) is 104 cm³/mol. The number of carbonyl (C=O) groups is 1. The molecule has 0 saturated carbocycles. The zero-order valence-corrected chi connectivity index (χ0v) is 16.6. The molecule has 1 amide bonds. The molecule has 1 aliphatic heterocycles. The van der Waals surface area contributed by atoms with Crippen molar-refractivity contribution in [1.29, 1.82) is 0 Å². The van der Waals surface area contributed by atoms with Crippen molar-refractivity contribution in [1.82, 2.24) is 10.3 Å². The summed E-state index contributed by atoms with van der Waals surface area (Å²) in [6.07, 6.45) is 2.55. The van der Waals surface area contributed by atoms with Crippen LogP contribution in [0.1, 0.15) is 36.3 Å². The van der Waals surface area contributed by atoms with Gasteiger partial charge in [0, 0.05) is 12.1 Å². The van der Waals surface area contributed by atoms with Gasteiger partial charge in [0.05, 0.1) is 23.6 Å². The SMILES string of the molecule is Cc1ccccc1-c1nc(CC(=O)NCCCC2CCS(=O)(=O)C2)c(C)o1. The first kappa shape index (κ1) is 19.6. The second-order valence-electron chi connectivity index (χ2n) is 7.27. The number of benzene rings is 1. The molecule has 0 spiro atoms. The van der Waals surface area contributed by atoms with Crippen LogP contribution in [0.5, 0.6) is 0 Å². The highest BCUT2D eigenvalue weighted by molar-refractivity contribution is 7.91. The average molecular weight is 391 g/mol. The van der Waals surface area contributed by atoms with Crippen LogP contribution in [-0.2, 0) is 21.1 Å². The van der Waals surface area contributed by atoms with Gasteiger partial charge in [-0.15, -0.1) is 0 Å². The smallest absolute Gasteiger partial charge is 0.226 e. The fourth-order valence-corrected chi connectivity index (χ4v) is 5.36. The summed E-state index contributed by atoms with van der Waals surface area (Å²) in [5.41, 5.74) is 2.65. The lowest BCUT2D eigenvalue weighted by molar-refractivity contribution is -0.120. The van der Waals surface area contributed by atoms with Gasteiger partial charge in [0.2, 0.25) is 11.8 Å². The molecule has 146 valence electrons. The van der Waals surface area contributed by atoms with Crippen molar-refractivity contribution in [2.45, 2.75) is 39.5 Å². The van der Waals surface area contributed by atoms with E-state index in [0.717, 1.165) is 30.4 Å². The number of aromatic nitrogens is 1. The summed E-state index contributed by atoms with van der Waals surface area (Å²) in [4.78, 5) is 16.7. The van der Waals surface area contributed by atoms with Crippen LogP contribution in [0.2, 0.25) is 0 Å². The van der Waals surface area contributed by atoms with Gasteiger partial charge in [-0.25, -0.2) is 13.4 Å². The first-order chi connectivity index (χ1) is 12.8. The fraction of sp³-hybridized carbons (Fsp3) is 0.500. The van der Waals surface area contributed by atoms with Gasteiger partial charge in [-0.05, 0) is 50.7 Å². The average Bonchev–Trinajstić information content (AvgIpc) is 3.14. The van der Waals surface area contributed by atoms with Gasteiger partial charge in [-0.1, -0.05) is 18.2 Å². The minimum atomic E-state index is -2.82. The highest BCUT2D eigenvalue weighted by atomic mass is 32.2. The molecule has 1 atom stereocenters. The molecule has 1 aromatic carbocycles. The Morgan fingerprint density at radius 1 is 1.30 bits per heavy atom. The van der Waals surface area contributed by atoms with Crippen molar-refractivity contribution in [2.24, 2.45) is 5.92 Å². The summed E-state index contributed by atoms with van der Waals surface area (Å²) in [5.74, 6) is 1.93. The maximum absolute atomic E-state index is 12.2. The molecule has 1 unspecified atom stereocenters. The second kappa shape index (κ2) is 8.25. The normalized spacial score (nSPS) is 18.5. The number of rotatable bonds is 7. The van der Waals surface area contributed by atoms with Crippen LogP contribution in [0.4, 0.5) is 0 Å². The second-order valence-corrected chi connectivity index (χ2v) is 9.50. The Morgan fingerprint density at radius 3 is 2.78 bits per heavy atom. The molecule has 3 rings (SSSR count). The molecule has 0 radical (unpaired) electrons. The van der Waals surface area contributed by atoms with E-state index in [4.69, 9.17) is 4.42 Å². The number of nitrogens with one attached hydrogen (secondary N) is 1. The van der Waals surface area contributed by atoms with Crippen molar-refractivity contribution in [2.75, 3.05) is 18.1 Å². The molecule has 1 saturated heterocycles. The van der Waals surface area contributed by atoms with Crippen LogP contribution in [0.15, 0.2) is 28.7 Å². The standard InChI is InChI=1S/C20H26N2O4S/c1-14-6-3-4-8-17(14)20-22-18(15(2)26-20)12-19(23)21-10-5-7-16-9-11-27(24,25)13-16/h3-4,6,8,16H,5,7,9-13H2,1-2H3,(H,21,23). The molecule has 1 aliphatic rings. The van der Waals surface area contributed by atoms with Gasteiger partial charge in [-0.3, -0.25) is 4.79 Å². The van der Waals surface area contributed by atoms with E-state index in [1.165, 1.54) is 0 Å². The fourth-order valence-electron chi connectivity index (χ4n) is 3.45. The third kappa shape index (κ3) is 5.19. The van der Waals surface area contributed by atoms with Crippen molar-refractivity contribution in [3.8, 4) is 11.5 Å². The van der Waals surface area contributed by atoms with Gasteiger partial charge in [0.15, 0.2) is 9.84 Å². The summed E-state index contributed by atoms with van der Waals surface area (Å²) < 4.78 is 28.7. The number of hydrogen-bond donors (Lipinski definition) is 1. The van der Waals surface area contributed by atoms with E-state index in [-0.39, 0.29) is 18.2 Å². The Kier molecular flexibility index (Phi) is 5.99. The minimum Gasteiger partial charge on any atom is -0.441 e. The van der Waals surface area contributed by atoms with Crippen molar-refractivity contribution in [3.63, 3.8) is 0 Å². The molecular formula is C20H26N2O4S. The Hall–Kier alpha value is -2.15. The molecular weight excluding hydrogens is 364 g/mol. The van der Waals surface area contributed by atoms with Crippen LogP contribution in [0.3, 0.4) is 0 Å². The van der Waals surface area contributed by atoms with Crippen LogP contribution in [0, 0.1) is 19.8 Å². The monoisotopic (exact) mass is 390 g/mol. The van der Waals surface area contributed by atoms with Crippen LogP contribution < -0.4 is 5.32 Å². The van der Waals surface area contributed by atoms with Gasteiger partial charge in [0.1, 0.15) is 5.76 Å². The lowest BCUT2D eigenvalue weighted by Crippen LogP contribution is -2.26. The highest BCUT2D eigenvalue weighted by Gasteiger charge is 2.27. The van der Waals surface area contributed by atoms with Crippen LogP contribution in [0.25, 0.3) is 11.5 Å². The number of sulfone groups is 1. The molecule has 2 heterocycles. The number of oxazole rings is 1. The molecule has 1 aromatic heterocycles. The van der Waals surface area contributed by atoms with Crippen molar-refractivity contribution < 1.29 is 17.6 Å². The topological polar surface area (TPSA) is 89.3 Å². The molecule has 7 heteroatoms. The summed E-state index contributed by atoms with van der Waals surface area (Å²) in [7, 11) is -2.82. The van der Waals surface area contributed by atoms with E-state index in [1.54, 1.807) is 0 Å². The Bertz CT molecular complexity index is 918. The van der Waals surface area contributed by atoms with E-state index in [2.05, 4.69) is 10.3 Å². The summed E-state index contributed by atoms with van der Waals surface area (Å²) in [5, 5.41) is 2.89. The predicted octanol–water partition coefficient (Wildman–Crippen LogP) is 2.83. The molecule has 1 N–H and O–H groups in total. The van der Waals surface area contributed by atoms with E-state index in [0.29, 0.717) is 35.4 Å². The minimum absolute atomic E-state index is 0.0956. The number of hydrogen-bond acceptors (Lipinski definition) is 5. The van der Waals surface area contributed by atoms with Crippen LogP contribution >= 0.6 is 0 Å². The lowest BCUT2D eigenvalue weighted by Gasteiger charge is -2.08. The number of nitrogens with zero attached hydrogens (tertiary/aromatic N) is 1. The summed E-state index contributed by atoms with van der Waals surface area (Å²) in [6.45, 7) is 4.37. The zero-order chi connectivity index (χ0) is 19.4. The Morgan fingerprint density at radius 2 is 2.07 bits per heavy atom. The summed E-state index contributed by atoms with van der Waals surface area (Å²) >= 11 is 0. The Labute approximate surface area is 160 Å². The van der Waals surface area contributed by atoms with E-state index >= 15 is 0 Å². The molecule has 0 aliphatic carbocycles. The first-order valence-corrected chi connectivity index (χ1v) is 11.2. The number of aryl methyl sites for hydroxylation is 2. The molecule has 0 bridgehead atoms. The van der Waals surface area contributed by atoms with Gasteiger partial charge < -0.3 is 9.73 Å². The number of carbonyl (C=O) groups excluding carboxylic acids is 1. The quantitative estimate of drug-likeness (QED) is 0.734. The van der Waals surface area contributed by atoms with Gasteiger partial charge in [-0.2, -0.15) is 0 Å². The molecule has 1 fully saturated rings. The van der Waals surface area contributed by atoms with Crippen molar-refractivity contribution >= 4 is 15.7 Å². The van der Waals surface area contributed by atoms with E-state index < -0.39 is 9.84 Å². The zero-order valence-electron chi connectivity index (χ0n) is 15.8. The summed E-state index contributed by atoms with van der Waals surface area (Å²) in [6, 6.07) is 7.85. The van der Waals surface area contributed by atoms with Crippen molar-refractivity contribution in [3.05, 3.63) is 41.3 Å². The van der Waals surface area contributed by atoms with E-state index in [1.807, 2.05) is 38.1 Å². The molecule has 6 nitrogen and oxygen atoms in total. The van der Waals surface area contributed by atoms with Crippen LogP contribution in [-0.4, -0.2) is 37.4 Å². The lowest BCUT2D eigenvalue weighted by atomic mass is 10.0. The first-order valence-electron chi connectivity index (χ1n) is 9.33. The third-order valence-electron chi connectivity index (χ3n) is 5.03. The molecule has 27 heavy (non-hydrogen) atoms. The molecule has 2 aromatic rings. The van der Waals surface area contributed by atoms with Gasteiger partial charge >= 0.3 is 0 Å². The van der Waals surface area contributed by atoms with Gasteiger partial charge in [0.25, 0.3) is 0 Å². The maximum Gasteiger partial charge on any atom is 0.226 e. The largest absolute Gasteiger partial charge is 0.441 e. The van der Waals surface area contributed by atoms with E-state index in [9.17, 15) is 13.2 Å². The Balaban J connectivity index is 1.48. The third-order valence-corrected chi connectivity index (χ3v) is 6.87. The maximum atomic E-state index is 12.2. The highest BCUT2D eigenvalue weighted by Crippen LogP contribution is 2.25. The number of amides is 1.